The Morgan fingerprint density at radius 1 is 1.12 bits per heavy atom. The van der Waals surface area contributed by atoms with Crippen LogP contribution in [0.25, 0.3) is 0 Å². The zero-order chi connectivity index (χ0) is 29.3. The number of benzene rings is 2. The molecule has 1 atom stereocenters. The Labute approximate surface area is 230 Å². The second-order valence-corrected chi connectivity index (χ2v) is 9.53. The van der Waals surface area contributed by atoms with Gasteiger partial charge in [0.15, 0.2) is 18.1 Å². The minimum atomic E-state index is -4.46. The van der Waals surface area contributed by atoms with E-state index in [-0.39, 0.29) is 35.6 Å². The van der Waals surface area contributed by atoms with E-state index in [9.17, 15) is 27.6 Å². The maximum atomic E-state index is 12.9. The molecule has 3 N–H and O–H groups in total. The van der Waals surface area contributed by atoms with Gasteiger partial charge in [0.2, 0.25) is 5.91 Å². The van der Waals surface area contributed by atoms with Crippen LogP contribution in [0.3, 0.4) is 0 Å². The predicted octanol–water partition coefficient (Wildman–Crippen LogP) is 3.73. The zero-order valence-corrected chi connectivity index (χ0v) is 22.5. The standard InChI is InChI=1S/C28H34F3N3O6/c1-3-6-24(35)34-11-9-20-14-19(15-21(26(20)34)27(38)33-16-25(36)37)13-18(2)32-10-12-39-22-7-4-5-8-23(22)40-17-28(29,30)31/h4-5,7-8,14-15,18,32H,3,6,9-13,16-17H2,1-2H3,(H,33,38)(H,36,37). The van der Waals surface area contributed by atoms with E-state index in [1.165, 1.54) is 12.1 Å². The number of carboxylic acids is 1. The van der Waals surface area contributed by atoms with Crippen molar-refractivity contribution in [3.63, 3.8) is 0 Å². The molecule has 2 aromatic carbocycles. The molecule has 12 heteroatoms. The fraction of sp³-hybridized carbons (Fsp3) is 0.464. The molecule has 1 aliphatic rings. The number of nitrogens with one attached hydrogen (secondary N) is 2. The van der Waals surface area contributed by atoms with Gasteiger partial charge in [-0.1, -0.05) is 25.1 Å². The van der Waals surface area contributed by atoms with Gasteiger partial charge in [-0.3, -0.25) is 14.4 Å². The fourth-order valence-electron chi connectivity index (χ4n) is 4.49. The van der Waals surface area contributed by atoms with Crippen molar-refractivity contribution >= 4 is 23.5 Å². The topological polar surface area (TPSA) is 117 Å². The molecule has 0 aromatic heterocycles. The van der Waals surface area contributed by atoms with Crippen molar-refractivity contribution < 1.29 is 42.1 Å². The second kappa shape index (κ2) is 14.0. The molecule has 0 radical (unpaired) electrons. The quantitative estimate of drug-likeness (QED) is 0.299. The summed E-state index contributed by atoms with van der Waals surface area (Å²) in [4.78, 5) is 38.2. The molecule has 2 amide bonds. The van der Waals surface area contributed by atoms with Crippen molar-refractivity contribution in [3.8, 4) is 11.5 Å². The van der Waals surface area contributed by atoms with Crippen LogP contribution in [0, 0.1) is 0 Å². The van der Waals surface area contributed by atoms with Gasteiger partial charge in [-0.25, -0.2) is 0 Å². The number of hydrogen-bond donors (Lipinski definition) is 3. The summed E-state index contributed by atoms with van der Waals surface area (Å²) in [5.74, 6) is -1.60. The van der Waals surface area contributed by atoms with Crippen LogP contribution in [-0.2, 0) is 22.4 Å². The van der Waals surface area contributed by atoms with Crippen LogP contribution in [0.1, 0.15) is 48.2 Å². The minimum absolute atomic E-state index is 0.00572. The highest BCUT2D eigenvalue weighted by Crippen LogP contribution is 2.34. The number of carboxylic acid groups (broad SMARTS) is 1. The molecule has 3 rings (SSSR count). The molecule has 2 aromatic rings. The second-order valence-electron chi connectivity index (χ2n) is 9.53. The van der Waals surface area contributed by atoms with Crippen molar-refractivity contribution in [1.29, 1.82) is 0 Å². The van der Waals surface area contributed by atoms with Gasteiger partial charge in [-0.2, -0.15) is 13.2 Å². The van der Waals surface area contributed by atoms with E-state index in [0.717, 1.165) is 11.1 Å². The molecule has 40 heavy (non-hydrogen) atoms. The Bertz CT molecular complexity index is 1200. The molecule has 1 aliphatic heterocycles. The lowest BCUT2D eigenvalue weighted by atomic mass is 9.98. The Balaban J connectivity index is 1.64. The first-order valence-corrected chi connectivity index (χ1v) is 13.1. The Morgan fingerprint density at radius 2 is 1.82 bits per heavy atom. The number of alkyl halides is 3. The number of aliphatic carboxylic acids is 1. The van der Waals surface area contributed by atoms with Gasteiger partial charge in [-0.05, 0) is 55.5 Å². The Morgan fingerprint density at radius 3 is 2.48 bits per heavy atom. The number of hydrogen-bond acceptors (Lipinski definition) is 6. The number of nitrogens with zero attached hydrogens (tertiary/aromatic N) is 1. The highest BCUT2D eigenvalue weighted by atomic mass is 19.4. The summed E-state index contributed by atoms with van der Waals surface area (Å²) in [5.41, 5.74) is 2.50. The van der Waals surface area contributed by atoms with E-state index in [2.05, 4.69) is 10.6 Å². The summed E-state index contributed by atoms with van der Waals surface area (Å²) in [6, 6.07) is 9.73. The summed E-state index contributed by atoms with van der Waals surface area (Å²) in [7, 11) is 0. The van der Waals surface area contributed by atoms with E-state index in [1.807, 2.05) is 19.9 Å². The summed E-state index contributed by atoms with van der Waals surface area (Å²) in [5, 5.41) is 14.7. The van der Waals surface area contributed by atoms with Crippen LogP contribution >= 0.6 is 0 Å². The van der Waals surface area contributed by atoms with E-state index >= 15 is 0 Å². The lowest BCUT2D eigenvalue weighted by Gasteiger charge is -2.21. The van der Waals surface area contributed by atoms with E-state index in [4.69, 9.17) is 14.6 Å². The monoisotopic (exact) mass is 565 g/mol. The average molecular weight is 566 g/mol. The average Bonchev–Trinajstić information content (AvgIpc) is 3.32. The van der Waals surface area contributed by atoms with Crippen LogP contribution < -0.4 is 25.0 Å². The van der Waals surface area contributed by atoms with Crippen LogP contribution in [0.15, 0.2) is 36.4 Å². The number of para-hydroxylation sites is 2. The SMILES string of the molecule is CCCC(=O)N1CCc2cc(CC(C)NCCOc3ccccc3OCC(F)(F)F)cc(C(=O)NCC(=O)O)c21. The molecule has 0 saturated carbocycles. The summed E-state index contributed by atoms with van der Waals surface area (Å²) in [6.07, 6.45) is -2.33. The number of carbonyl (C=O) groups is 3. The first-order chi connectivity index (χ1) is 19.0. The number of fused-ring (bicyclic) bond motifs is 1. The highest BCUT2D eigenvalue weighted by molar-refractivity contribution is 6.07. The van der Waals surface area contributed by atoms with Crippen LogP contribution in [0.4, 0.5) is 18.9 Å². The van der Waals surface area contributed by atoms with Gasteiger partial charge < -0.3 is 30.1 Å². The third kappa shape index (κ3) is 8.87. The first kappa shape index (κ1) is 30.7. The number of anilines is 1. The molecule has 1 heterocycles. The summed E-state index contributed by atoms with van der Waals surface area (Å²) < 4.78 is 48.0. The number of carbonyl (C=O) groups excluding carboxylic acids is 2. The zero-order valence-electron chi connectivity index (χ0n) is 22.5. The molecule has 0 fully saturated rings. The maximum absolute atomic E-state index is 12.9. The number of amides is 2. The van der Waals surface area contributed by atoms with Gasteiger partial charge in [0, 0.05) is 25.6 Å². The highest BCUT2D eigenvalue weighted by Gasteiger charge is 2.31. The largest absolute Gasteiger partial charge is 0.488 e. The molecule has 218 valence electrons. The van der Waals surface area contributed by atoms with Crippen molar-refractivity contribution in [3.05, 3.63) is 53.1 Å². The van der Waals surface area contributed by atoms with Gasteiger partial charge in [0.1, 0.15) is 13.2 Å². The normalized spacial score (nSPS) is 13.5. The predicted molar refractivity (Wildman–Crippen MR) is 142 cm³/mol. The molecule has 9 nitrogen and oxygen atoms in total. The van der Waals surface area contributed by atoms with Crippen molar-refractivity contribution in [2.45, 2.75) is 51.7 Å². The molecule has 0 bridgehead atoms. The molecule has 0 saturated heterocycles. The molecular weight excluding hydrogens is 531 g/mol. The number of halogens is 3. The van der Waals surface area contributed by atoms with Gasteiger partial charge >= 0.3 is 12.1 Å². The molecular formula is C28H34F3N3O6. The lowest BCUT2D eigenvalue weighted by molar-refractivity contribution is -0.153. The summed E-state index contributed by atoms with van der Waals surface area (Å²) in [6.45, 7) is 2.92. The number of rotatable bonds is 14. The Kier molecular flexibility index (Phi) is 10.8. The van der Waals surface area contributed by atoms with E-state index < -0.39 is 31.2 Å². The smallest absolute Gasteiger partial charge is 0.422 e. The maximum Gasteiger partial charge on any atom is 0.422 e. The first-order valence-electron chi connectivity index (χ1n) is 13.1. The molecule has 0 aliphatic carbocycles. The third-order valence-corrected chi connectivity index (χ3v) is 6.17. The van der Waals surface area contributed by atoms with Crippen LogP contribution in [0.2, 0.25) is 0 Å². The van der Waals surface area contributed by atoms with Crippen LogP contribution in [0.5, 0.6) is 11.5 Å². The Hall–Kier alpha value is -3.80. The minimum Gasteiger partial charge on any atom is -0.488 e. The van der Waals surface area contributed by atoms with Gasteiger partial charge in [-0.15, -0.1) is 0 Å². The van der Waals surface area contributed by atoms with Crippen molar-refractivity contribution in [2.75, 3.05) is 37.7 Å². The fourth-order valence-corrected chi connectivity index (χ4v) is 4.49. The van der Waals surface area contributed by atoms with Crippen molar-refractivity contribution in [1.82, 2.24) is 10.6 Å². The van der Waals surface area contributed by atoms with E-state index in [1.54, 1.807) is 23.1 Å². The van der Waals surface area contributed by atoms with E-state index in [0.29, 0.717) is 44.5 Å². The van der Waals surface area contributed by atoms with Crippen molar-refractivity contribution in [2.24, 2.45) is 0 Å². The van der Waals surface area contributed by atoms with Gasteiger partial charge in [0.25, 0.3) is 5.91 Å². The van der Waals surface area contributed by atoms with Gasteiger partial charge in [0.05, 0.1) is 11.3 Å². The molecule has 1 unspecified atom stereocenters. The molecule has 0 spiro atoms. The number of ether oxygens (including phenoxy) is 2. The lowest BCUT2D eigenvalue weighted by Crippen LogP contribution is -2.34. The van der Waals surface area contributed by atoms with Crippen LogP contribution in [-0.4, -0.2) is 68.0 Å². The third-order valence-electron chi connectivity index (χ3n) is 6.17. The summed E-state index contributed by atoms with van der Waals surface area (Å²) >= 11 is 0.